The van der Waals surface area contributed by atoms with Crippen LogP contribution in [0.4, 0.5) is 0 Å². The number of rotatable bonds is 2. The molecule has 5 nitrogen and oxygen atoms in total. The van der Waals surface area contributed by atoms with Gasteiger partial charge in [-0.05, 0) is 0 Å². The Bertz CT molecular complexity index is 280. The molecule has 0 aliphatic carbocycles. The second kappa shape index (κ2) is 3.11. The van der Waals surface area contributed by atoms with Crippen molar-refractivity contribution < 1.29 is 15.1 Å². The summed E-state index contributed by atoms with van der Waals surface area (Å²) in [6.45, 7) is 0. The lowest BCUT2D eigenvalue weighted by molar-refractivity contribution is -0.129. The lowest BCUT2D eigenvalue weighted by atomic mass is 10.4. The molecule has 0 aromatic carbocycles. The topological polar surface area (TPSA) is 82.8 Å². The van der Waals surface area contributed by atoms with E-state index in [0.717, 1.165) is 11.3 Å². The van der Waals surface area contributed by atoms with Gasteiger partial charge in [-0.15, -0.1) is 11.3 Å². The number of carboxylic acids is 1. The number of aliphatic carboxylic acids is 1. The molecule has 1 rings (SSSR count). The minimum absolute atomic E-state index is 0.194. The predicted octanol–water partition coefficient (Wildman–Crippen LogP) is 0.406. The Hall–Kier alpha value is -1.43. The van der Waals surface area contributed by atoms with Crippen LogP contribution in [-0.4, -0.2) is 27.0 Å². The van der Waals surface area contributed by atoms with E-state index in [0.29, 0.717) is 0 Å². The molecule has 0 amide bonds. The Morgan fingerprint density at radius 1 is 1.73 bits per heavy atom. The number of aromatic nitrogens is 1. The molecule has 0 aliphatic heterocycles. The molecule has 1 heterocycles. The molecule has 0 bridgehead atoms. The molecular formula is C5H4N2O3S. The van der Waals surface area contributed by atoms with Crippen molar-refractivity contribution in [2.75, 3.05) is 0 Å². The molecule has 0 saturated heterocycles. The highest BCUT2D eigenvalue weighted by Gasteiger charge is 2.14. The van der Waals surface area contributed by atoms with Crippen LogP contribution in [0, 0.1) is 0 Å². The van der Waals surface area contributed by atoms with Gasteiger partial charge in [-0.1, -0.05) is 5.16 Å². The van der Waals surface area contributed by atoms with Crippen LogP contribution < -0.4 is 0 Å². The fourth-order valence-electron chi connectivity index (χ4n) is 0.517. The quantitative estimate of drug-likeness (QED) is 0.384. The second-order valence-corrected chi connectivity index (χ2v) is 2.49. The molecule has 6 heteroatoms. The molecule has 0 spiro atoms. The maximum Gasteiger partial charge on any atom is 0.361 e. The summed E-state index contributed by atoms with van der Waals surface area (Å²) in [4.78, 5) is 14.0. The third-order valence-electron chi connectivity index (χ3n) is 0.937. The van der Waals surface area contributed by atoms with E-state index in [2.05, 4.69) is 10.1 Å². The molecule has 58 valence electrons. The molecule has 0 radical (unpaired) electrons. The van der Waals surface area contributed by atoms with Gasteiger partial charge in [-0.2, -0.15) is 0 Å². The average Bonchev–Trinajstić information content (AvgIpc) is 2.40. The van der Waals surface area contributed by atoms with Crippen LogP contribution in [0.1, 0.15) is 5.01 Å². The van der Waals surface area contributed by atoms with E-state index >= 15 is 0 Å². The van der Waals surface area contributed by atoms with Crippen molar-refractivity contribution in [2.24, 2.45) is 5.16 Å². The van der Waals surface area contributed by atoms with Crippen molar-refractivity contribution in [3.8, 4) is 0 Å². The molecule has 1 aromatic rings. The molecule has 11 heavy (non-hydrogen) atoms. The van der Waals surface area contributed by atoms with Crippen molar-refractivity contribution >= 4 is 23.0 Å². The Labute approximate surface area is 65.6 Å². The minimum atomic E-state index is -1.29. The number of oxime groups is 1. The van der Waals surface area contributed by atoms with Gasteiger partial charge in [0.2, 0.25) is 5.71 Å². The SMILES string of the molecule is O=C(O)/C(=N/O)c1nccs1. The highest BCUT2D eigenvalue weighted by atomic mass is 32.1. The number of carboxylic acid groups (broad SMARTS) is 1. The predicted molar refractivity (Wildman–Crippen MR) is 38.1 cm³/mol. The van der Waals surface area contributed by atoms with Crippen LogP contribution in [0.3, 0.4) is 0 Å². The van der Waals surface area contributed by atoms with E-state index in [4.69, 9.17) is 10.3 Å². The fourth-order valence-corrected chi connectivity index (χ4v) is 1.13. The normalized spacial score (nSPS) is 11.5. The number of hydrogen-bond donors (Lipinski definition) is 2. The van der Waals surface area contributed by atoms with Crippen LogP contribution in [0.5, 0.6) is 0 Å². The smallest absolute Gasteiger partial charge is 0.361 e. The largest absolute Gasteiger partial charge is 0.476 e. The van der Waals surface area contributed by atoms with Gasteiger partial charge in [0, 0.05) is 11.6 Å². The first-order valence-electron chi connectivity index (χ1n) is 2.61. The van der Waals surface area contributed by atoms with Crippen molar-refractivity contribution in [1.29, 1.82) is 0 Å². The first-order valence-corrected chi connectivity index (χ1v) is 3.49. The lowest BCUT2D eigenvalue weighted by Crippen LogP contribution is -2.13. The standard InChI is InChI=1S/C5H4N2O3S/c8-5(9)3(7-10)4-6-1-2-11-4/h1-2,10H,(H,8,9)/b7-3+. The first-order chi connectivity index (χ1) is 5.25. The molecular weight excluding hydrogens is 168 g/mol. The number of hydrogen-bond acceptors (Lipinski definition) is 5. The van der Waals surface area contributed by atoms with E-state index in [1.807, 2.05) is 0 Å². The summed E-state index contributed by atoms with van der Waals surface area (Å²) < 4.78 is 0. The Balaban J connectivity index is 2.99. The minimum Gasteiger partial charge on any atom is -0.476 e. The summed E-state index contributed by atoms with van der Waals surface area (Å²) in [5.74, 6) is -1.29. The van der Waals surface area contributed by atoms with E-state index < -0.39 is 11.7 Å². The van der Waals surface area contributed by atoms with Crippen molar-refractivity contribution in [3.05, 3.63) is 16.6 Å². The summed E-state index contributed by atoms with van der Waals surface area (Å²) in [5, 5.41) is 21.1. The van der Waals surface area contributed by atoms with Crippen molar-refractivity contribution in [3.63, 3.8) is 0 Å². The van der Waals surface area contributed by atoms with Crippen LogP contribution >= 0.6 is 11.3 Å². The van der Waals surface area contributed by atoms with E-state index in [-0.39, 0.29) is 5.01 Å². The molecule has 0 aliphatic rings. The van der Waals surface area contributed by atoms with Crippen molar-refractivity contribution in [1.82, 2.24) is 4.98 Å². The third-order valence-corrected chi connectivity index (χ3v) is 1.72. The summed E-state index contributed by atoms with van der Waals surface area (Å²) in [5.41, 5.74) is -0.431. The zero-order chi connectivity index (χ0) is 8.27. The van der Waals surface area contributed by atoms with E-state index in [1.54, 1.807) is 5.38 Å². The van der Waals surface area contributed by atoms with Crippen LogP contribution in [0.2, 0.25) is 0 Å². The first kappa shape index (κ1) is 7.67. The molecule has 0 saturated carbocycles. The van der Waals surface area contributed by atoms with Gasteiger partial charge < -0.3 is 10.3 Å². The number of nitrogens with zero attached hydrogens (tertiary/aromatic N) is 2. The maximum atomic E-state index is 10.3. The van der Waals surface area contributed by atoms with Gasteiger partial charge in [0.1, 0.15) is 0 Å². The van der Waals surface area contributed by atoms with Crippen LogP contribution in [-0.2, 0) is 4.79 Å². The van der Waals surface area contributed by atoms with E-state index in [9.17, 15) is 4.79 Å². The summed E-state index contributed by atoms with van der Waals surface area (Å²) in [7, 11) is 0. The molecule has 0 unspecified atom stereocenters. The molecule has 0 fully saturated rings. The zero-order valence-corrected chi connectivity index (χ0v) is 6.08. The Morgan fingerprint density at radius 3 is 2.82 bits per heavy atom. The Morgan fingerprint density at radius 2 is 2.45 bits per heavy atom. The number of thiazole rings is 1. The van der Waals surface area contributed by atoms with E-state index in [1.165, 1.54) is 6.20 Å². The summed E-state index contributed by atoms with van der Waals surface area (Å²) >= 11 is 1.10. The van der Waals surface area contributed by atoms with Gasteiger partial charge in [-0.25, -0.2) is 9.78 Å². The van der Waals surface area contributed by atoms with Gasteiger partial charge in [0.15, 0.2) is 5.01 Å². The van der Waals surface area contributed by atoms with Crippen molar-refractivity contribution in [2.45, 2.75) is 0 Å². The zero-order valence-electron chi connectivity index (χ0n) is 5.26. The monoisotopic (exact) mass is 172 g/mol. The maximum absolute atomic E-state index is 10.3. The lowest BCUT2D eigenvalue weighted by Gasteiger charge is -1.89. The van der Waals surface area contributed by atoms with Gasteiger partial charge in [0.05, 0.1) is 0 Å². The van der Waals surface area contributed by atoms with Gasteiger partial charge in [-0.3, -0.25) is 0 Å². The molecule has 0 atom stereocenters. The highest BCUT2D eigenvalue weighted by Crippen LogP contribution is 2.05. The Kier molecular flexibility index (Phi) is 2.17. The van der Waals surface area contributed by atoms with Crippen LogP contribution in [0.15, 0.2) is 16.7 Å². The third kappa shape index (κ3) is 1.53. The number of carbonyl (C=O) groups is 1. The summed E-state index contributed by atoms with van der Waals surface area (Å²) in [6, 6.07) is 0. The van der Waals surface area contributed by atoms with Gasteiger partial charge in [0.25, 0.3) is 0 Å². The summed E-state index contributed by atoms with van der Waals surface area (Å²) in [6.07, 6.45) is 1.44. The second-order valence-electron chi connectivity index (χ2n) is 1.59. The van der Waals surface area contributed by atoms with Crippen LogP contribution in [0.25, 0.3) is 0 Å². The highest BCUT2D eigenvalue weighted by molar-refractivity contribution is 7.12. The van der Waals surface area contributed by atoms with Gasteiger partial charge >= 0.3 is 5.97 Å². The molecule has 2 N–H and O–H groups in total. The fraction of sp³-hybridized carbons (Fsp3) is 0. The average molecular weight is 172 g/mol. The molecule has 1 aromatic heterocycles.